The van der Waals surface area contributed by atoms with Crippen molar-refractivity contribution in [2.24, 2.45) is 0 Å². The van der Waals surface area contributed by atoms with Gasteiger partial charge >= 0.3 is 6.03 Å². The van der Waals surface area contributed by atoms with E-state index in [4.69, 9.17) is 4.74 Å². The number of amides is 4. The average molecular weight is 335 g/mol. The second-order valence-electron chi connectivity index (χ2n) is 5.80. The first-order valence-electron chi connectivity index (χ1n) is 7.75. The minimum Gasteiger partial charge on any atom is -0.374 e. The van der Waals surface area contributed by atoms with Crippen molar-refractivity contribution in [3.05, 3.63) is 35.6 Å². The Labute approximate surface area is 138 Å². The molecule has 2 aliphatic heterocycles. The molecule has 8 heteroatoms. The van der Waals surface area contributed by atoms with Crippen LogP contribution in [0, 0.1) is 5.82 Å². The number of carbonyl (C=O) groups excluding carboxylic acids is 3. The van der Waals surface area contributed by atoms with Crippen LogP contribution in [0.15, 0.2) is 24.3 Å². The fourth-order valence-electron chi connectivity index (χ4n) is 2.80. The molecule has 2 aliphatic rings. The van der Waals surface area contributed by atoms with Gasteiger partial charge in [-0.1, -0.05) is 12.1 Å². The molecule has 1 aromatic rings. The molecule has 2 heterocycles. The van der Waals surface area contributed by atoms with Crippen LogP contribution in [0.1, 0.15) is 5.56 Å². The van der Waals surface area contributed by atoms with Crippen LogP contribution in [-0.2, 0) is 20.7 Å². The summed E-state index contributed by atoms with van der Waals surface area (Å²) < 4.78 is 18.6. The Morgan fingerprint density at radius 3 is 2.71 bits per heavy atom. The number of imide groups is 1. The van der Waals surface area contributed by atoms with Crippen molar-refractivity contribution in [2.75, 3.05) is 32.8 Å². The van der Waals surface area contributed by atoms with Gasteiger partial charge < -0.3 is 15.0 Å². The molecule has 2 fully saturated rings. The molecule has 1 atom stereocenters. The molecule has 3 rings (SSSR count). The maximum Gasteiger partial charge on any atom is 0.325 e. The molecule has 2 saturated heterocycles. The number of rotatable bonds is 4. The maximum absolute atomic E-state index is 12.9. The Kier molecular flexibility index (Phi) is 4.75. The Bertz CT molecular complexity index is 633. The van der Waals surface area contributed by atoms with E-state index < -0.39 is 11.9 Å². The first-order valence-corrected chi connectivity index (χ1v) is 7.75. The maximum atomic E-state index is 12.9. The lowest BCUT2D eigenvalue weighted by molar-refractivity contribution is -0.142. The fraction of sp³-hybridized carbons (Fsp3) is 0.438. The lowest BCUT2D eigenvalue weighted by Gasteiger charge is -2.33. The first kappa shape index (κ1) is 16.4. The van der Waals surface area contributed by atoms with Crippen LogP contribution >= 0.6 is 0 Å². The highest BCUT2D eigenvalue weighted by atomic mass is 19.1. The topological polar surface area (TPSA) is 79.0 Å². The Morgan fingerprint density at radius 2 is 2.04 bits per heavy atom. The molecule has 0 unspecified atom stereocenters. The Hall–Kier alpha value is -2.48. The van der Waals surface area contributed by atoms with Gasteiger partial charge in [0.05, 0.1) is 19.3 Å². The van der Waals surface area contributed by atoms with Crippen LogP contribution in [0.4, 0.5) is 9.18 Å². The third-order valence-corrected chi connectivity index (χ3v) is 4.10. The van der Waals surface area contributed by atoms with Gasteiger partial charge in [0.15, 0.2) is 0 Å². The molecule has 0 saturated carbocycles. The number of hydrogen-bond acceptors (Lipinski definition) is 4. The van der Waals surface area contributed by atoms with Gasteiger partial charge in [-0.25, -0.2) is 9.18 Å². The summed E-state index contributed by atoms with van der Waals surface area (Å²) in [7, 11) is 0. The van der Waals surface area contributed by atoms with Crippen LogP contribution in [0.2, 0.25) is 0 Å². The zero-order valence-corrected chi connectivity index (χ0v) is 13.0. The zero-order chi connectivity index (χ0) is 17.1. The van der Waals surface area contributed by atoms with E-state index >= 15 is 0 Å². The number of benzene rings is 1. The summed E-state index contributed by atoms with van der Waals surface area (Å²) in [6.07, 6.45) is 0.365. The third kappa shape index (κ3) is 3.70. The summed E-state index contributed by atoms with van der Waals surface area (Å²) in [4.78, 5) is 37.9. The number of nitrogens with zero attached hydrogens (tertiary/aromatic N) is 2. The molecule has 4 amide bonds. The largest absolute Gasteiger partial charge is 0.374 e. The van der Waals surface area contributed by atoms with Gasteiger partial charge in [0.25, 0.3) is 5.91 Å². The second-order valence-corrected chi connectivity index (χ2v) is 5.80. The summed E-state index contributed by atoms with van der Waals surface area (Å²) in [6.45, 7) is 0.857. The minimum absolute atomic E-state index is 0.0670. The SMILES string of the molecule is O=C(CN1C(=O)CNC1=O)N1CCO[C@H](Cc2ccc(F)cc2)C1. The molecular weight excluding hydrogens is 317 g/mol. The van der Waals surface area contributed by atoms with Crippen molar-refractivity contribution in [3.8, 4) is 0 Å². The first-order chi connectivity index (χ1) is 11.5. The number of hydrogen-bond donors (Lipinski definition) is 1. The van der Waals surface area contributed by atoms with Crippen molar-refractivity contribution in [1.82, 2.24) is 15.1 Å². The number of morpholine rings is 1. The molecule has 7 nitrogen and oxygen atoms in total. The van der Waals surface area contributed by atoms with Crippen molar-refractivity contribution in [1.29, 1.82) is 0 Å². The van der Waals surface area contributed by atoms with Gasteiger partial charge in [0.1, 0.15) is 12.4 Å². The lowest BCUT2D eigenvalue weighted by atomic mass is 10.1. The van der Waals surface area contributed by atoms with E-state index in [2.05, 4.69) is 5.32 Å². The predicted octanol–water partition coefficient (Wildman–Crippen LogP) is 0.147. The highest BCUT2D eigenvalue weighted by Gasteiger charge is 2.33. The van der Waals surface area contributed by atoms with Gasteiger partial charge in [-0.2, -0.15) is 0 Å². The number of halogens is 1. The quantitative estimate of drug-likeness (QED) is 0.795. The summed E-state index contributed by atoms with van der Waals surface area (Å²) >= 11 is 0. The molecule has 0 aromatic heterocycles. The summed E-state index contributed by atoms with van der Waals surface area (Å²) in [6, 6.07) is 5.61. The molecule has 1 N–H and O–H groups in total. The molecular formula is C16H18FN3O4. The van der Waals surface area contributed by atoms with Gasteiger partial charge in [-0.05, 0) is 17.7 Å². The fourth-order valence-corrected chi connectivity index (χ4v) is 2.80. The van der Waals surface area contributed by atoms with E-state index in [-0.39, 0.29) is 30.9 Å². The van der Waals surface area contributed by atoms with E-state index in [1.165, 1.54) is 12.1 Å². The monoisotopic (exact) mass is 335 g/mol. The van der Waals surface area contributed by atoms with Crippen molar-refractivity contribution in [2.45, 2.75) is 12.5 Å². The smallest absolute Gasteiger partial charge is 0.325 e. The molecule has 0 bridgehead atoms. The average Bonchev–Trinajstić information content (AvgIpc) is 2.89. The number of urea groups is 1. The van der Waals surface area contributed by atoms with Crippen LogP contribution in [0.25, 0.3) is 0 Å². The molecule has 24 heavy (non-hydrogen) atoms. The van der Waals surface area contributed by atoms with E-state index in [0.717, 1.165) is 10.5 Å². The molecule has 128 valence electrons. The standard InChI is InChI=1S/C16H18FN3O4/c17-12-3-1-11(2-4-12)7-13-9-19(5-6-24-13)15(22)10-20-14(21)8-18-16(20)23/h1-4,13H,5-10H2,(H,18,23)/t13-/m1/s1. The van der Waals surface area contributed by atoms with Crippen molar-refractivity contribution >= 4 is 17.8 Å². The van der Waals surface area contributed by atoms with Gasteiger partial charge in [0.2, 0.25) is 5.91 Å². The zero-order valence-electron chi connectivity index (χ0n) is 13.0. The lowest BCUT2D eigenvalue weighted by Crippen LogP contribution is -2.50. The third-order valence-electron chi connectivity index (χ3n) is 4.10. The number of ether oxygens (including phenoxy) is 1. The summed E-state index contributed by atoms with van der Waals surface area (Å²) in [5, 5.41) is 2.39. The van der Waals surface area contributed by atoms with Gasteiger partial charge in [-0.15, -0.1) is 0 Å². The Balaban J connectivity index is 1.56. The number of nitrogens with one attached hydrogen (secondary N) is 1. The van der Waals surface area contributed by atoms with Crippen LogP contribution in [0.3, 0.4) is 0 Å². The van der Waals surface area contributed by atoms with Crippen molar-refractivity contribution < 1.29 is 23.5 Å². The molecule has 1 aromatic carbocycles. The van der Waals surface area contributed by atoms with Crippen LogP contribution in [0.5, 0.6) is 0 Å². The molecule has 0 radical (unpaired) electrons. The second kappa shape index (κ2) is 6.96. The number of carbonyl (C=O) groups is 3. The van der Waals surface area contributed by atoms with E-state index in [9.17, 15) is 18.8 Å². The molecule has 0 aliphatic carbocycles. The van der Waals surface area contributed by atoms with Crippen LogP contribution in [-0.4, -0.2) is 66.5 Å². The van der Waals surface area contributed by atoms with E-state index in [1.807, 2.05) is 0 Å². The minimum atomic E-state index is -0.538. The van der Waals surface area contributed by atoms with Gasteiger partial charge in [0, 0.05) is 19.5 Å². The van der Waals surface area contributed by atoms with E-state index in [0.29, 0.717) is 26.1 Å². The van der Waals surface area contributed by atoms with Gasteiger partial charge in [-0.3, -0.25) is 14.5 Å². The molecule has 0 spiro atoms. The normalized spacial score (nSPS) is 21.1. The van der Waals surface area contributed by atoms with Crippen LogP contribution < -0.4 is 5.32 Å². The Morgan fingerprint density at radius 1 is 1.29 bits per heavy atom. The highest BCUT2D eigenvalue weighted by molar-refractivity contribution is 6.04. The van der Waals surface area contributed by atoms with E-state index in [1.54, 1.807) is 17.0 Å². The summed E-state index contributed by atoms with van der Waals surface area (Å²) in [5.74, 6) is -0.981. The summed E-state index contributed by atoms with van der Waals surface area (Å²) in [5.41, 5.74) is 0.921. The highest BCUT2D eigenvalue weighted by Crippen LogP contribution is 2.13. The predicted molar refractivity (Wildman–Crippen MR) is 81.5 cm³/mol. The van der Waals surface area contributed by atoms with Crippen molar-refractivity contribution in [3.63, 3.8) is 0 Å².